The fraction of sp³-hybridized carbons (Fsp3) is 0.368. The van der Waals surface area contributed by atoms with E-state index in [-0.39, 0.29) is 17.4 Å². The van der Waals surface area contributed by atoms with Crippen molar-refractivity contribution in [1.82, 2.24) is 9.88 Å². The lowest BCUT2D eigenvalue weighted by Crippen LogP contribution is -2.33. The third kappa shape index (κ3) is 3.35. The van der Waals surface area contributed by atoms with Gasteiger partial charge in [0.15, 0.2) is 0 Å². The highest BCUT2D eigenvalue weighted by molar-refractivity contribution is 5.94. The minimum absolute atomic E-state index is 0.138. The highest BCUT2D eigenvalue weighted by Gasteiger charge is 2.22. The first-order valence-electron chi connectivity index (χ1n) is 8.20. The molecule has 1 aliphatic rings. The lowest BCUT2D eigenvalue weighted by molar-refractivity contribution is 0.0733. The Balaban J connectivity index is 1.91. The van der Waals surface area contributed by atoms with E-state index in [1.165, 1.54) is 6.07 Å². The molecule has 1 N–H and O–H groups in total. The molecule has 0 saturated heterocycles. The van der Waals surface area contributed by atoms with Crippen LogP contribution in [0.3, 0.4) is 0 Å². The van der Waals surface area contributed by atoms with Crippen molar-refractivity contribution in [3.8, 4) is 5.75 Å². The van der Waals surface area contributed by atoms with Crippen molar-refractivity contribution >= 4 is 5.91 Å². The van der Waals surface area contributed by atoms with Crippen molar-refractivity contribution in [2.24, 2.45) is 0 Å². The summed E-state index contributed by atoms with van der Waals surface area (Å²) in [4.78, 5) is 29.3. The van der Waals surface area contributed by atoms with Crippen molar-refractivity contribution in [3.63, 3.8) is 0 Å². The zero-order chi connectivity index (χ0) is 17.3. The van der Waals surface area contributed by atoms with Crippen molar-refractivity contribution in [3.05, 3.63) is 63.1 Å². The normalized spacial score (nSPS) is 14.1. The molecule has 24 heavy (non-hydrogen) atoms. The molecule has 1 aliphatic heterocycles. The van der Waals surface area contributed by atoms with Crippen LogP contribution in [0, 0.1) is 6.92 Å². The van der Waals surface area contributed by atoms with Crippen LogP contribution in [0.5, 0.6) is 5.75 Å². The number of fused-ring (bicyclic) bond motifs is 1. The molecule has 0 aliphatic carbocycles. The molecule has 1 aromatic heterocycles. The largest absolute Gasteiger partial charge is 0.491 e. The number of pyridine rings is 1. The summed E-state index contributed by atoms with van der Waals surface area (Å²) >= 11 is 0. The zero-order valence-electron chi connectivity index (χ0n) is 14.3. The van der Waals surface area contributed by atoms with Gasteiger partial charge in [-0.15, -0.1) is 0 Å². The number of rotatable bonds is 2. The number of aromatic amines is 1. The number of carbonyl (C=O) groups is 1. The first kappa shape index (κ1) is 16.3. The lowest BCUT2D eigenvalue weighted by atomic mass is 10.1. The fourth-order valence-corrected chi connectivity index (χ4v) is 2.88. The maximum Gasteiger partial charge on any atom is 0.254 e. The Kier molecular flexibility index (Phi) is 4.42. The topological polar surface area (TPSA) is 62.4 Å². The summed E-state index contributed by atoms with van der Waals surface area (Å²) in [5.74, 6) is 0.840. The van der Waals surface area contributed by atoms with Gasteiger partial charge in [0.2, 0.25) is 5.56 Å². The Morgan fingerprint density at radius 2 is 2.04 bits per heavy atom. The standard InChI is InChI=1S/C19H22N2O3/c1-12(2)16-9-14(10-18(22)20-16)19(23)21-6-7-24-17-5-4-13(3)8-15(17)11-21/h4-5,8-10,12H,6-7,11H2,1-3H3,(H,20,22). The van der Waals surface area contributed by atoms with Crippen LogP contribution in [0.25, 0.3) is 0 Å². The number of aryl methyl sites for hydroxylation is 1. The van der Waals surface area contributed by atoms with Gasteiger partial charge in [0.05, 0.1) is 6.54 Å². The molecule has 3 rings (SSSR count). The maximum absolute atomic E-state index is 12.9. The number of aromatic nitrogens is 1. The van der Waals surface area contributed by atoms with Gasteiger partial charge in [-0.05, 0) is 25.0 Å². The van der Waals surface area contributed by atoms with E-state index in [0.29, 0.717) is 25.3 Å². The van der Waals surface area contributed by atoms with Gasteiger partial charge in [-0.2, -0.15) is 0 Å². The van der Waals surface area contributed by atoms with Crippen LogP contribution in [-0.2, 0) is 6.54 Å². The number of amides is 1. The number of nitrogens with one attached hydrogen (secondary N) is 1. The van der Waals surface area contributed by atoms with Gasteiger partial charge in [-0.3, -0.25) is 9.59 Å². The zero-order valence-corrected chi connectivity index (χ0v) is 14.3. The number of H-pyrrole nitrogens is 1. The molecular formula is C19H22N2O3. The van der Waals surface area contributed by atoms with Crippen molar-refractivity contribution in [1.29, 1.82) is 0 Å². The van der Waals surface area contributed by atoms with E-state index >= 15 is 0 Å². The molecule has 126 valence electrons. The Morgan fingerprint density at radius 3 is 2.79 bits per heavy atom. The van der Waals surface area contributed by atoms with Gasteiger partial charge in [-0.1, -0.05) is 31.5 Å². The molecule has 2 heterocycles. The summed E-state index contributed by atoms with van der Waals surface area (Å²) in [6.07, 6.45) is 0. The van der Waals surface area contributed by atoms with Gasteiger partial charge in [0, 0.05) is 29.4 Å². The second kappa shape index (κ2) is 6.51. The minimum atomic E-state index is -0.244. The van der Waals surface area contributed by atoms with E-state index < -0.39 is 0 Å². The summed E-state index contributed by atoms with van der Waals surface area (Å²) in [7, 11) is 0. The van der Waals surface area contributed by atoms with Crippen molar-refractivity contribution in [2.75, 3.05) is 13.2 Å². The molecule has 1 amide bonds. The van der Waals surface area contributed by atoms with E-state index in [0.717, 1.165) is 22.6 Å². The van der Waals surface area contributed by atoms with Crippen LogP contribution in [-0.4, -0.2) is 28.9 Å². The molecule has 0 bridgehead atoms. The van der Waals surface area contributed by atoms with E-state index in [1.54, 1.807) is 11.0 Å². The Morgan fingerprint density at radius 1 is 1.25 bits per heavy atom. The number of ether oxygens (including phenoxy) is 1. The Bertz CT molecular complexity index is 824. The third-order valence-electron chi connectivity index (χ3n) is 4.22. The minimum Gasteiger partial charge on any atom is -0.491 e. The summed E-state index contributed by atoms with van der Waals surface area (Å²) in [5.41, 5.74) is 3.08. The van der Waals surface area contributed by atoms with Crippen LogP contribution in [0.1, 0.15) is 46.9 Å². The lowest BCUT2D eigenvalue weighted by Gasteiger charge is -2.20. The van der Waals surface area contributed by atoms with Crippen LogP contribution >= 0.6 is 0 Å². The van der Waals surface area contributed by atoms with E-state index in [2.05, 4.69) is 4.98 Å². The smallest absolute Gasteiger partial charge is 0.254 e. The predicted molar refractivity (Wildman–Crippen MR) is 92.6 cm³/mol. The number of benzene rings is 1. The maximum atomic E-state index is 12.9. The van der Waals surface area contributed by atoms with Gasteiger partial charge in [-0.25, -0.2) is 0 Å². The molecule has 2 aromatic rings. The van der Waals surface area contributed by atoms with Crippen molar-refractivity contribution in [2.45, 2.75) is 33.2 Å². The number of hydrogen-bond acceptors (Lipinski definition) is 3. The third-order valence-corrected chi connectivity index (χ3v) is 4.22. The number of carbonyl (C=O) groups excluding carboxylic acids is 1. The predicted octanol–water partition coefficient (Wildman–Crippen LogP) is 2.84. The first-order chi connectivity index (χ1) is 11.4. The Labute approximate surface area is 141 Å². The average molecular weight is 326 g/mol. The van der Waals surface area contributed by atoms with E-state index in [9.17, 15) is 9.59 Å². The van der Waals surface area contributed by atoms with Crippen LogP contribution in [0.2, 0.25) is 0 Å². The summed E-state index contributed by atoms with van der Waals surface area (Å²) in [6.45, 7) is 7.41. The molecular weight excluding hydrogens is 304 g/mol. The fourth-order valence-electron chi connectivity index (χ4n) is 2.88. The van der Waals surface area contributed by atoms with Gasteiger partial charge < -0.3 is 14.6 Å². The average Bonchev–Trinajstić information content (AvgIpc) is 2.75. The summed E-state index contributed by atoms with van der Waals surface area (Å²) < 4.78 is 5.74. The SMILES string of the molecule is Cc1ccc2c(c1)CN(C(=O)c1cc(C(C)C)[nH]c(=O)c1)CCO2. The highest BCUT2D eigenvalue weighted by Crippen LogP contribution is 2.25. The number of nitrogens with zero attached hydrogens (tertiary/aromatic N) is 1. The van der Waals surface area contributed by atoms with Gasteiger partial charge >= 0.3 is 0 Å². The first-order valence-corrected chi connectivity index (χ1v) is 8.20. The quantitative estimate of drug-likeness (QED) is 0.923. The summed E-state index contributed by atoms with van der Waals surface area (Å²) in [6, 6.07) is 9.14. The van der Waals surface area contributed by atoms with Crippen molar-refractivity contribution < 1.29 is 9.53 Å². The molecule has 0 atom stereocenters. The molecule has 0 fully saturated rings. The number of hydrogen-bond donors (Lipinski definition) is 1. The summed E-state index contributed by atoms with van der Waals surface area (Å²) in [5, 5.41) is 0. The highest BCUT2D eigenvalue weighted by atomic mass is 16.5. The second-order valence-electron chi connectivity index (χ2n) is 6.53. The molecule has 5 heteroatoms. The van der Waals surface area contributed by atoms with E-state index in [4.69, 9.17) is 4.74 Å². The van der Waals surface area contributed by atoms with E-state index in [1.807, 2.05) is 39.0 Å². The Hall–Kier alpha value is -2.56. The monoisotopic (exact) mass is 326 g/mol. The molecule has 1 aromatic carbocycles. The molecule has 0 radical (unpaired) electrons. The van der Waals surface area contributed by atoms with Crippen LogP contribution in [0.15, 0.2) is 35.1 Å². The van der Waals surface area contributed by atoms with Gasteiger partial charge in [0.25, 0.3) is 5.91 Å². The molecule has 5 nitrogen and oxygen atoms in total. The van der Waals surface area contributed by atoms with Crippen LogP contribution < -0.4 is 10.3 Å². The molecule has 0 spiro atoms. The second-order valence-corrected chi connectivity index (χ2v) is 6.53. The molecule has 0 unspecified atom stereocenters. The van der Waals surface area contributed by atoms with Gasteiger partial charge in [0.1, 0.15) is 12.4 Å². The molecule has 0 saturated carbocycles. The van der Waals surface area contributed by atoms with Crippen LogP contribution in [0.4, 0.5) is 0 Å².